The maximum absolute atomic E-state index is 11.6. The average Bonchev–Trinajstić information content (AvgIpc) is 2.74. The summed E-state index contributed by atoms with van der Waals surface area (Å²) in [5.41, 5.74) is 5.98. The highest BCUT2D eigenvalue weighted by atomic mass is 16.6. The number of phenols is 1. The van der Waals surface area contributed by atoms with Crippen LogP contribution >= 0.6 is 0 Å². The minimum atomic E-state index is -0.442. The van der Waals surface area contributed by atoms with Gasteiger partial charge in [0.25, 0.3) is 0 Å². The zero-order chi connectivity index (χ0) is 11.5. The fraction of sp³-hybridized carbons (Fsp3) is 0.364. The van der Waals surface area contributed by atoms with Crippen molar-refractivity contribution in [1.29, 1.82) is 0 Å². The third-order valence-corrected chi connectivity index (χ3v) is 2.42. The fourth-order valence-electron chi connectivity index (χ4n) is 1.51. The largest absolute Gasteiger partial charge is 0.506 e. The van der Waals surface area contributed by atoms with E-state index in [2.05, 4.69) is 0 Å². The van der Waals surface area contributed by atoms with Gasteiger partial charge in [-0.25, -0.2) is 4.79 Å². The zero-order valence-corrected chi connectivity index (χ0v) is 8.68. The summed E-state index contributed by atoms with van der Waals surface area (Å²) < 4.78 is 10.3. The molecule has 86 valence electrons. The van der Waals surface area contributed by atoms with E-state index in [1.807, 2.05) is 0 Å². The van der Waals surface area contributed by atoms with Crippen LogP contribution in [0.4, 0.5) is 5.69 Å². The Morgan fingerprint density at radius 3 is 3.00 bits per heavy atom. The van der Waals surface area contributed by atoms with Crippen LogP contribution in [0.3, 0.4) is 0 Å². The highest BCUT2D eigenvalue weighted by Crippen LogP contribution is 2.21. The second kappa shape index (κ2) is 4.40. The molecule has 1 aromatic rings. The maximum Gasteiger partial charge on any atom is 0.338 e. The quantitative estimate of drug-likeness (QED) is 0.442. The molecule has 3 N–H and O–H groups in total. The summed E-state index contributed by atoms with van der Waals surface area (Å²) in [4.78, 5) is 11.6. The number of carbonyl (C=O) groups is 1. The summed E-state index contributed by atoms with van der Waals surface area (Å²) in [6.45, 7) is 1.06. The number of rotatable bonds is 2. The van der Waals surface area contributed by atoms with Crippen LogP contribution in [0.25, 0.3) is 0 Å². The molecule has 1 saturated heterocycles. The number of benzene rings is 1. The van der Waals surface area contributed by atoms with Crippen LogP contribution in [0.15, 0.2) is 18.2 Å². The first-order valence-electron chi connectivity index (χ1n) is 5.04. The molecule has 0 aliphatic carbocycles. The normalized spacial score (nSPS) is 19.6. The monoisotopic (exact) mass is 223 g/mol. The standard InChI is InChI=1S/C11H13NO4/c12-9-5-7(1-2-10(9)13)11(14)16-8-3-4-15-6-8/h1-2,5,8,13H,3-4,6,12H2. The van der Waals surface area contributed by atoms with Gasteiger partial charge < -0.3 is 20.3 Å². The number of nitrogens with two attached hydrogens (primary N) is 1. The molecule has 1 aromatic carbocycles. The van der Waals surface area contributed by atoms with E-state index in [0.29, 0.717) is 18.8 Å². The smallest absolute Gasteiger partial charge is 0.338 e. The van der Waals surface area contributed by atoms with Crippen molar-refractivity contribution in [2.24, 2.45) is 0 Å². The lowest BCUT2D eigenvalue weighted by Gasteiger charge is -2.10. The van der Waals surface area contributed by atoms with Crippen molar-refractivity contribution >= 4 is 11.7 Å². The van der Waals surface area contributed by atoms with E-state index in [1.54, 1.807) is 0 Å². The van der Waals surface area contributed by atoms with Crippen molar-refractivity contribution in [3.8, 4) is 5.75 Å². The SMILES string of the molecule is Nc1cc(C(=O)OC2CCOC2)ccc1O. The molecule has 1 aliphatic heterocycles. The maximum atomic E-state index is 11.6. The second-order valence-electron chi connectivity index (χ2n) is 3.66. The van der Waals surface area contributed by atoms with Crippen molar-refractivity contribution in [3.05, 3.63) is 23.8 Å². The lowest BCUT2D eigenvalue weighted by molar-refractivity contribution is 0.0271. The molecule has 0 amide bonds. The minimum absolute atomic E-state index is 0.0410. The number of aromatic hydroxyl groups is 1. The van der Waals surface area contributed by atoms with Gasteiger partial charge in [0.15, 0.2) is 0 Å². The molecule has 0 radical (unpaired) electrons. The molecule has 5 nitrogen and oxygen atoms in total. The van der Waals surface area contributed by atoms with Gasteiger partial charge in [0.1, 0.15) is 11.9 Å². The van der Waals surface area contributed by atoms with Crippen molar-refractivity contribution < 1.29 is 19.4 Å². The lowest BCUT2D eigenvalue weighted by atomic mass is 10.2. The molecular weight excluding hydrogens is 210 g/mol. The van der Waals surface area contributed by atoms with E-state index in [0.717, 1.165) is 6.42 Å². The predicted octanol–water partition coefficient (Wildman–Crippen LogP) is 0.920. The number of carbonyl (C=O) groups excluding carboxylic acids is 1. The number of phenolic OH excluding ortho intramolecular Hbond substituents is 1. The van der Waals surface area contributed by atoms with Crippen LogP contribution in [0.5, 0.6) is 5.75 Å². The van der Waals surface area contributed by atoms with Gasteiger partial charge in [-0.15, -0.1) is 0 Å². The van der Waals surface area contributed by atoms with Crippen molar-refractivity contribution in [2.75, 3.05) is 18.9 Å². The molecule has 5 heteroatoms. The summed E-state index contributed by atoms with van der Waals surface area (Å²) in [7, 11) is 0. The van der Waals surface area contributed by atoms with Gasteiger partial charge in [0.2, 0.25) is 0 Å². The summed E-state index contributed by atoms with van der Waals surface area (Å²) in [5.74, 6) is -0.483. The van der Waals surface area contributed by atoms with Crippen LogP contribution in [-0.4, -0.2) is 30.4 Å². The first-order valence-corrected chi connectivity index (χ1v) is 5.04. The van der Waals surface area contributed by atoms with Gasteiger partial charge in [-0.3, -0.25) is 0 Å². The Morgan fingerprint density at radius 1 is 1.56 bits per heavy atom. The number of nitrogen functional groups attached to an aromatic ring is 1. The van der Waals surface area contributed by atoms with Gasteiger partial charge in [-0.05, 0) is 18.2 Å². The summed E-state index contributed by atoms with van der Waals surface area (Å²) >= 11 is 0. The van der Waals surface area contributed by atoms with Crippen LogP contribution in [0.1, 0.15) is 16.8 Å². The van der Waals surface area contributed by atoms with E-state index >= 15 is 0 Å². The molecule has 0 spiro atoms. The van der Waals surface area contributed by atoms with E-state index in [4.69, 9.17) is 15.2 Å². The Kier molecular flexibility index (Phi) is 2.96. The van der Waals surface area contributed by atoms with Crippen molar-refractivity contribution in [3.63, 3.8) is 0 Å². The third-order valence-electron chi connectivity index (χ3n) is 2.42. The van der Waals surface area contributed by atoms with Gasteiger partial charge >= 0.3 is 5.97 Å². The molecule has 1 fully saturated rings. The highest BCUT2D eigenvalue weighted by Gasteiger charge is 2.21. The molecule has 0 saturated carbocycles. The Bertz CT molecular complexity index is 399. The topological polar surface area (TPSA) is 81.8 Å². The molecular formula is C11H13NO4. The first-order chi connectivity index (χ1) is 7.66. The zero-order valence-electron chi connectivity index (χ0n) is 8.68. The molecule has 1 aliphatic rings. The Labute approximate surface area is 92.8 Å². The van der Waals surface area contributed by atoms with E-state index < -0.39 is 5.97 Å². The Balaban J connectivity index is 2.05. The molecule has 1 heterocycles. The summed E-state index contributed by atoms with van der Waals surface area (Å²) in [6, 6.07) is 4.24. The second-order valence-corrected chi connectivity index (χ2v) is 3.66. The summed E-state index contributed by atoms with van der Waals surface area (Å²) in [5, 5.41) is 9.21. The number of hydrogen-bond donors (Lipinski definition) is 2. The fourth-order valence-corrected chi connectivity index (χ4v) is 1.51. The highest BCUT2D eigenvalue weighted by molar-refractivity contribution is 5.91. The molecule has 0 aromatic heterocycles. The molecule has 1 atom stereocenters. The van der Waals surface area contributed by atoms with Gasteiger partial charge in [-0.2, -0.15) is 0 Å². The number of esters is 1. The van der Waals surface area contributed by atoms with E-state index in [-0.39, 0.29) is 17.5 Å². The average molecular weight is 223 g/mol. The number of hydrogen-bond acceptors (Lipinski definition) is 5. The van der Waals surface area contributed by atoms with Gasteiger partial charge in [0, 0.05) is 6.42 Å². The predicted molar refractivity (Wildman–Crippen MR) is 57.2 cm³/mol. The number of anilines is 1. The van der Waals surface area contributed by atoms with Crippen molar-refractivity contribution in [1.82, 2.24) is 0 Å². The molecule has 16 heavy (non-hydrogen) atoms. The number of ether oxygens (including phenoxy) is 2. The molecule has 2 rings (SSSR count). The first kappa shape index (κ1) is 10.8. The van der Waals surface area contributed by atoms with Gasteiger partial charge in [-0.1, -0.05) is 0 Å². The Morgan fingerprint density at radius 2 is 2.38 bits per heavy atom. The minimum Gasteiger partial charge on any atom is -0.506 e. The van der Waals surface area contributed by atoms with Crippen LogP contribution < -0.4 is 5.73 Å². The summed E-state index contributed by atoms with van der Waals surface area (Å²) in [6.07, 6.45) is 0.543. The molecule has 1 unspecified atom stereocenters. The van der Waals surface area contributed by atoms with E-state index in [9.17, 15) is 9.90 Å². The molecule has 0 bridgehead atoms. The van der Waals surface area contributed by atoms with E-state index in [1.165, 1.54) is 18.2 Å². The Hall–Kier alpha value is -1.75. The third kappa shape index (κ3) is 2.25. The van der Waals surface area contributed by atoms with Crippen LogP contribution in [0, 0.1) is 0 Å². The van der Waals surface area contributed by atoms with Gasteiger partial charge in [0.05, 0.1) is 24.5 Å². The van der Waals surface area contributed by atoms with Crippen LogP contribution in [0.2, 0.25) is 0 Å². The lowest BCUT2D eigenvalue weighted by Crippen LogP contribution is -2.18. The van der Waals surface area contributed by atoms with Crippen molar-refractivity contribution in [2.45, 2.75) is 12.5 Å². The van der Waals surface area contributed by atoms with Crippen LogP contribution in [-0.2, 0) is 9.47 Å².